The minimum Gasteiger partial charge on any atom is -0.492 e. The lowest BCUT2D eigenvalue weighted by molar-refractivity contribution is 0.256. The van der Waals surface area contributed by atoms with Crippen molar-refractivity contribution in [2.75, 3.05) is 6.61 Å². The first kappa shape index (κ1) is 11.3. The minimum atomic E-state index is 0.403. The molecule has 1 atom stereocenters. The zero-order valence-electron chi connectivity index (χ0n) is 10.3. The van der Waals surface area contributed by atoms with E-state index >= 15 is 0 Å². The Bertz CT molecular complexity index is 510. The summed E-state index contributed by atoms with van der Waals surface area (Å²) in [5.74, 6) is 0.943. The van der Waals surface area contributed by atoms with Gasteiger partial charge < -0.3 is 10.1 Å². The molecule has 0 fully saturated rings. The van der Waals surface area contributed by atoms with Gasteiger partial charge in [-0.3, -0.25) is 0 Å². The molecule has 0 saturated heterocycles. The van der Waals surface area contributed by atoms with E-state index in [0.29, 0.717) is 6.04 Å². The lowest BCUT2D eigenvalue weighted by Crippen LogP contribution is -2.39. The number of fused-ring (bicyclic) bond motifs is 1. The summed E-state index contributed by atoms with van der Waals surface area (Å²) >= 11 is 0. The Balaban J connectivity index is 1.60. The highest BCUT2D eigenvalue weighted by molar-refractivity contribution is 5.30. The van der Waals surface area contributed by atoms with Crippen LogP contribution in [0.5, 0.6) is 5.75 Å². The van der Waals surface area contributed by atoms with Crippen molar-refractivity contribution in [1.82, 2.24) is 5.32 Å². The normalized spacial score (nSPS) is 18.1. The molecule has 3 rings (SSSR count). The maximum absolute atomic E-state index is 5.80. The van der Waals surface area contributed by atoms with Crippen LogP contribution >= 0.6 is 0 Å². The zero-order chi connectivity index (χ0) is 12.2. The molecule has 1 aliphatic rings. The van der Waals surface area contributed by atoms with Gasteiger partial charge in [0.05, 0.1) is 0 Å². The maximum atomic E-state index is 5.80. The van der Waals surface area contributed by atoms with E-state index in [9.17, 15) is 0 Å². The number of nitrogens with one attached hydrogen (secondary N) is 1. The number of hydrogen-bond donors (Lipinski definition) is 1. The predicted molar refractivity (Wildman–Crippen MR) is 72.7 cm³/mol. The van der Waals surface area contributed by atoms with E-state index < -0.39 is 0 Å². The third kappa shape index (κ3) is 2.54. The van der Waals surface area contributed by atoms with Gasteiger partial charge >= 0.3 is 0 Å². The van der Waals surface area contributed by atoms with Crippen LogP contribution in [-0.2, 0) is 13.0 Å². The van der Waals surface area contributed by atoms with E-state index in [2.05, 4.69) is 29.6 Å². The topological polar surface area (TPSA) is 21.3 Å². The molecule has 0 aromatic heterocycles. The molecule has 2 aromatic carbocycles. The van der Waals surface area contributed by atoms with Gasteiger partial charge in [0.15, 0.2) is 0 Å². The number of hydrogen-bond acceptors (Lipinski definition) is 2. The fraction of sp³-hybridized carbons (Fsp3) is 0.250. The molecule has 0 saturated carbocycles. The van der Waals surface area contributed by atoms with Gasteiger partial charge in [0.2, 0.25) is 0 Å². The number of rotatable bonds is 3. The summed E-state index contributed by atoms with van der Waals surface area (Å²) in [6.07, 6.45) is 1.04. The standard InChI is InChI=1S/C16H17NO/c1-2-8-16(9-3-1)18-12-15-10-13-6-4-5-7-14(13)11-17-15/h1-9,15,17H,10-12H2. The van der Waals surface area contributed by atoms with Gasteiger partial charge in [-0.25, -0.2) is 0 Å². The molecule has 0 radical (unpaired) electrons. The third-order valence-corrected chi connectivity index (χ3v) is 3.36. The summed E-state index contributed by atoms with van der Waals surface area (Å²) in [6, 6.07) is 19.0. The van der Waals surface area contributed by atoms with Gasteiger partial charge in [0.25, 0.3) is 0 Å². The second kappa shape index (κ2) is 5.23. The van der Waals surface area contributed by atoms with Crippen molar-refractivity contribution in [2.45, 2.75) is 19.0 Å². The molecule has 92 valence electrons. The first-order chi connectivity index (χ1) is 8.92. The van der Waals surface area contributed by atoms with Gasteiger partial charge in [-0.15, -0.1) is 0 Å². The molecule has 0 bridgehead atoms. The molecule has 0 spiro atoms. The Hall–Kier alpha value is -1.80. The zero-order valence-corrected chi connectivity index (χ0v) is 10.3. The van der Waals surface area contributed by atoms with Crippen LogP contribution in [0.2, 0.25) is 0 Å². The second-order valence-corrected chi connectivity index (χ2v) is 4.67. The van der Waals surface area contributed by atoms with Crippen molar-refractivity contribution in [2.24, 2.45) is 0 Å². The van der Waals surface area contributed by atoms with Gasteiger partial charge in [-0.05, 0) is 29.7 Å². The first-order valence-corrected chi connectivity index (χ1v) is 6.40. The second-order valence-electron chi connectivity index (χ2n) is 4.67. The van der Waals surface area contributed by atoms with E-state index in [1.165, 1.54) is 11.1 Å². The van der Waals surface area contributed by atoms with Crippen molar-refractivity contribution in [3.8, 4) is 5.75 Å². The fourth-order valence-corrected chi connectivity index (χ4v) is 2.35. The van der Waals surface area contributed by atoms with Gasteiger partial charge in [0, 0.05) is 12.6 Å². The average Bonchev–Trinajstić information content (AvgIpc) is 2.46. The molecule has 1 aliphatic heterocycles. The molecule has 0 aliphatic carbocycles. The molecule has 18 heavy (non-hydrogen) atoms. The monoisotopic (exact) mass is 239 g/mol. The van der Waals surface area contributed by atoms with Crippen LogP contribution in [-0.4, -0.2) is 12.6 Å². The number of benzene rings is 2. The lowest BCUT2D eigenvalue weighted by atomic mass is 9.96. The first-order valence-electron chi connectivity index (χ1n) is 6.40. The molecule has 1 heterocycles. The van der Waals surface area contributed by atoms with Crippen molar-refractivity contribution in [1.29, 1.82) is 0 Å². The van der Waals surface area contributed by atoms with E-state index in [1.807, 2.05) is 30.3 Å². The molecule has 2 aromatic rings. The number of para-hydroxylation sites is 1. The highest BCUT2D eigenvalue weighted by Crippen LogP contribution is 2.17. The van der Waals surface area contributed by atoms with E-state index in [1.54, 1.807) is 0 Å². The molecule has 2 heteroatoms. The van der Waals surface area contributed by atoms with Crippen molar-refractivity contribution in [3.63, 3.8) is 0 Å². The SMILES string of the molecule is c1ccc(OCC2Cc3ccccc3CN2)cc1. The summed E-state index contributed by atoms with van der Waals surface area (Å²) in [6.45, 7) is 1.66. The Morgan fingerprint density at radius 2 is 1.67 bits per heavy atom. The molecular weight excluding hydrogens is 222 g/mol. The summed E-state index contributed by atoms with van der Waals surface area (Å²) in [7, 11) is 0. The quantitative estimate of drug-likeness (QED) is 0.889. The largest absolute Gasteiger partial charge is 0.492 e. The highest BCUT2D eigenvalue weighted by Gasteiger charge is 2.17. The van der Waals surface area contributed by atoms with Crippen molar-refractivity contribution < 1.29 is 4.74 Å². The lowest BCUT2D eigenvalue weighted by Gasteiger charge is -2.26. The fourth-order valence-electron chi connectivity index (χ4n) is 2.35. The van der Waals surface area contributed by atoms with Crippen molar-refractivity contribution in [3.05, 3.63) is 65.7 Å². The van der Waals surface area contributed by atoms with E-state index in [0.717, 1.165) is 25.3 Å². The summed E-state index contributed by atoms with van der Waals surface area (Å²) < 4.78 is 5.80. The molecule has 0 amide bonds. The van der Waals surface area contributed by atoms with E-state index in [4.69, 9.17) is 4.74 Å². The van der Waals surface area contributed by atoms with Crippen LogP contribution < -0.4 is 10.1 Å². The third-order valence-electron chi connectivity index (χ3n) is 3.36. The number of ether oxygens (including phenoxy) is 1. The van der Waals surface area contributed by atoms with Crippen LogP contribution in [0, 0.1) is 0 Å². The maximum Gasteiger partial charge on any atom is 0.119 e. The minimum absolute atomic E-state index is 0.403. The van der Waals surface area contributed by atoms with Crippen LogP contribution in [0.4, 0.5) is 0 Å². The highest BCUT2D eigenvalue weighted by atomic mass is 16.5. The molecule has 1 N–H and O–H groups in total. The van der Waals surface area contributed by atoms with Crippen molar-refractivity contribution >= 4 is 0 Å². The smallest absolute Gasteiger partial charge is 0.119 e. The van der Waals surface area contributed by atoms with Gasteiger partial charge in [-0.1, -0.05) is 42.5 Å². The Morgan fingerprint density at radius 3 is 2.50 bits per heavy atom. The van der Waals surface area contributed by atoms with Crippen LogP contribution in [0.1, 0.15) is 11.1 Å². The van der Waals surface area contributed by atoms with E-state index in [-0.39, 0.29) is 0 Å². The molecular formula is C16H17NO. The summed E-state index contributed by atoms with van der Waals surface area (Å²) in [5, 5.41) is 3.52. The van der Waals surface area contributed by atoms with Crippen LogP contribution in [0.25, 0.3) is 0 Å². The van der Waals surface area contributed by atoms with Gasteiger partial charge in [0.1, 0.15) is 12.4 Å². The summed E-state index contributed by atoms with van der Waals surface area (Å²) in [5.41, 5.74) is 2.85. The Kier molecular flexibility index (Phi) is 3.29. The Morgan fingerprint density at radius 1 is 0.944 bits per heavy atom. The van der Waals surface area contributed by atoms with Crippen LogP contribution in [0.15, 0.2) is 54.6 Å². The molecule has 2 nitrogen and oxygen atoms in total. The molecule has 1 unspecified atom stereocenters. The predicted octanol–water partition coefficient (Wildman–Crippen LogP) is 2.78. The van der Waals surface area contributed by atoms with Gasteiger partial charge in [-0.2, -0.15) is 0 Å². The van der Waals surface area contributed by atoms with Crippen LogP contribution in [0.3, 0.4) is 0 Å². The average molecular weight is 239 g/mol. The Labute approximate surface area is 108 Å². The summed E-state index contributed by atoms with van der Waals surface area (Å²) in [4.78, 5) is 0.